The first-order valence-electron chi connectivity index (χ1n) is 8.12. The van der Waals surface area contributed by atoms with Gasteiger partial charge < -0.3 is 15.4 Å². The average molecular weight is 348 g/mol. The fourth-order valence-electron chi connectivity index (χ4n) is 2.74. The van der Waals surface area contributed by atoms with Crippen LogP contribution in [0.4, 0.5) is 11.4 Å². The number of hydrogen-bond donors (Lipinski definition) is 2. The normalized spacial score (nSPS) is 15.6. The Bertz CT molecular complexity index is 981. The maximum absolute atomic E-state index is 12.7. The minimum absolute atomic E-state index is 0.219. The van der Waals surface area contributed by atoms with E-state index in [-0.39, 0.29) is 11.8 Å². The van der Waals surface area contributed by atoms with E-state index < -0.39 is 6.10 Å². The third-order valence-electron chi connectivity index (χ3n) is 4.07. The molecule has 0 saturated heterocycles. The molecule has 2 aromatic carbocycles. The van der Waals surface area contributed by atoms with E-state index in [1.807, 2.05) is 30.3 Å². The molecule has 0 spiro atoms. The maximum atomic E-state index is 12.7. The highest BCUT2D eigenvalue weighted by molar-refractivity contribution is 6.04. The van der Waals surface area contributed by atoms with Gasteiger partial charge in [-0.3, -0.25) is 14.2 Å². The lowest BCUT2D eigenvalue weighted by atomic mass is 10.2. The van der Waals surface area contributed by atoms with Crippen LogP contribution < -0.4 is 15.4 Å². The number of nitrogens with zero attached hydrogens (tertiary/aromatic N) is 2. The first-order chi connectivity index (χ1) is 12.6. The lowest BCUT2D eigenvalue weighted by Crippen LogP contribution is -2.34. The van der Waals surface area contributed by atoms with E-state index in [0.29, 0.717) is 22.8 Å². The molecule has 2 amide bonds. The van der Waals surface area contributed by atoms with Crippen LogP contribution in [0.2, 0.25) is 0 Å². The molecule has 2 heterocycles. The molecule has 1 atom stereocenters. The Labute approximate surface area is 149 Å². The van der Waals surface area contributed by atoms with Gasteiger partial charge in [-0.25, -0.2) is 4.98 Å². The Balaban J connectivity index is 1.58. The van der Waals surface area contributed by atoms with Crippen molar-refractivity contribution in [3.05, 3.63) is 66.7 Å². The van der Waals surface area contributed by atoms with E-state index in [0.717, 1.165) is 5.69 Å². The van der Waals surface area contributed by atoms with Crippen LogP contribution in [0.3, 0.4) is 0 Å². The second-order valence-corrected chi connectivity index (χ2v) is 5.90. The highest BCUT2D eigenvalue weighted by Gasteiger charge is 2.24. The number of hydrogen-bond acceptors (Lipinski definition) is 4. The van der Waals surface area contributed by atoms with Gasteiger partial charge in [0.1, 0.15) is 11.4 Å². The summed E-state index contributed by atoms with van der Waals surface area (Å²) >= 11 is 0. The molecule has 1 aliphatic rings. The average Bonchev–Trinajstić information content (AvgIpc) is 3.14. The van der Waals surface area contributed by atoms with E-state index in [1.54, 1.807) is 36.0 Å². The molecular formula is C19H16N4O3. The first kappa shape index (κ1) is 15.9. The van der Waals surface area contributed by atoms with Gasteiger partial charge in [0, 0.05) is 11.4 Å². The zero-order valence-electron chi connectivity index (χ0n) is 14.0. The molecule has 4 rings (SSSR count). The number of benzene rings is 2. The molecule has 0 saturated carbocycles. The van der Waals surface area contributed by atoms with Crippen molar-refractivity contribution in [3.63, 3.8) is 0 Å². The monoisotopic (exact) mass is 348 g/mol. The largest absolute Gasteiger partial charge is 0.479 e. The standard InChI is InChI=1S/C19H16N4O3/c1-12-18(24)22-15-9-13(7-8-17(15)26-12)21-19(25)16-10-20-11-23(16)14-5-3-2-4-6-14/h2-12H,1H3,(H,21,25)(H,22,24). The summed E-state index contributed by atoms with van der Waals surface area (Å²) in [5.41, 5.74) is 2.33. The Kier molecular flexibility index (Phi) is 3.89. The molecule has 26 heavy (non-hydrogen) atoms. The molecule has 0 aliphatic carbocycles. The van der Waals surface area contributed by atoms with Crippen molar-refractivity contribution in [2.45, 2.75) is 13.0 Å². The van der Waals surface area contributed by atoms with E-state index in [2.05, 4.69) is 15.6 Å². The minimum atomic E-state index is -0.539. The summed E-state index contributed by atoms with van der Waals surface area (Å²) in [6.45, 7) is 1.68. The molecule has 130 valence electrons. The molecule has 0 bridgehead atoms. The van der Waals surface area contributed by atoms with Crippen molar-refractivity contribution in [2.24, 2.45) is 0 Å². The van der Waals surface area contributed by atoms with Gasteiger partial charge in [-0.05, 0) is 37.3 Å². The van der Waals surface area contributed by atoms with Crippen LogP contribution in [0.15, 0.2) is 61.1 Å². The van der Waals surface area contributed by atoms with E-state index >= 15 is 0 Å². The summed E-state index contributed by atoms with van der Waals surface area (Å²) in [5.74, 6) is 0.0512. The fraction of sp³-hybridized carbons (Fsp3) is 0.105. The van der Waals surface area contributed by atoms with Crippen LogP contribution in [-0.2, 0) is 4.79 Å². The summed E-state index contributed by atoms with van der Waals surface area (Å²) in [6, 6.07) is 14.6. The predicted octanol–water partition coefficient (Wildman–Crippen LogP) is 2.84. The number of imidazole rings is 1. The first-order valence-corrected chi connectivity index (χ1v) is 8.12. The van der Waals surface area contributed by atoms with E-state index in [4.69, 9.17) is 4.74 Å². The van der Waals surface area contributed by atoms with Crippen molar-refractivity contribution in [3.8, 4) is 11.4 Å². The molecule has 1 aliphatic heterocycles. The topological polar surface area (TPSA) is 85.2 Å². The SMILES string of the molecule is CC1Oc2ccc(NC(=O)c3cncn3-c3ccccc3)cc2NC1=O. The summed E-state index contributed by atoms with van der Waals surface area (Å²) in [7, 11) is 0. The summed E-state index contributed by atoms with van der Waals surface area (Å²) in [6.07, 6.45) is 2.56. The molecule has 1 aromatic heterocycles. The molecule has 7 heteroatoms. The molecule has 3 aromatic rings. The number of carbonyl (C=O) groups is 2. The minimum Gasteiger partial charge on any atom is -0.479 e. The number of amides is 2. The van der Waals surface area contributed by atoms with Crippen LogP contribution in [0, 0.1) is 0 Å². The van der Waals surface area contributed by atoms with E-state index in [9.17, 15) is 9.59 Å². The summed E-state index contributed by atoms with van der Waals surface area (Å²) < 4.78 is 7.22. The van der Waals surface area contributed by atoms with Crippen molar-refractivity contribution >= 4 is 23.2 Å². The Hall–Kier alpha value is -3.61. The zero-order valence-corrected chi connectivity index (χ0v) is 14.0. The lowest BCUT2D eigenvalue weighted by molar-refractivity contribution is -0.122. The van der Waals surface area contributed by atoms with Gasteiger partial charge in [-0.15, -0.1) is 0 Å². The van der Waals surface area contributed by atoms with Gasteiger partial charge in [-0.2, -0.15) is 0 Å². The van der Waals surface area contributed by atoms with Crippen molar-refractivity contribution in [1.29, 1.82) is 0 Å². The number of nitrogens with one attached hydrogen (secondary N) is 2. The smallest absolute Gasteiger partial charge is 0.274 e. The molecule has 7 nitrogen and oxygen atoms in total. The Morgan fingerprint density at radius 1 is 1.23 bits per heavy atom. The van der Waals surface area contributed by atoms with Gasteiger partial charge in [0.25, 0.3) is 11.8 Å². The van der Waals surface area contributed by atoms with Crippen LogP contribution >= 0.6 is 0 Å². The second-order valence-electron chi connectivity index (χ2n) is 5.90. The summed E-state index contributed by atoms with van der Waals surface area (Å²) in [4.78, 5) is 28.5. The van der Waals surface area contributed by atoms with E-state index in [1.165, 1.54) is 6.20 Å². The molecule has 0 fully saturated rings. The van der Waals surface area contributed by atoms with Gasteiger partial charge >= 0.3 is 0 Å². The van der Waals surface area contributed by atoms with Gasteiger partial charge in [0.2, 0.25) is 0 Å². The predicted molar refractivity (Wildman–Crippen MR) is 96.7 cm³/mol. The number of rotatable bonds is 3. The van der Waals surface area contributed by atoms with Crippen molar-refractivity contribution in [2.75, 3.05) is 10.6 Å². The fourth-order valence-corrected chi connectivity index (χ4v) is 2.74. The zero-order chi connectivity index (χ0) is 18.1. The van der Waals surface area contributed by atoms with Crippen LogP contribution in [0.25, 0.3) is 5.69 Å². The Morgan fingerprint density at radius 3 is 2.85 bits per heavy atom. The highest BCUT2D eigenvalue weighted by Crippen LogP contribution is 2.32. The third-order valence-corrected chi connectivity index (χ3v) is 4.07. The van der Waals surface area contributed by atoms with Crippen LogP contribution in [-0.4, -0.2) is 27.5 Å². The van der Waals surface area contributed by atoms with Crippen LogP contribution in [0.1, 0.15) is 17.4 Å². The molecular weight excluding hydrogens is 332 g/mol. The number of fused-ring (bicyclic) bond motifs is 1. The quantitative estimate of drug-likeness (QED) is 0.762. The van der Waals surface area contributed by atoms with Gasteiger partial charge in [0.15, 0.2) is 6.10 Å². The van der Waals surface area contributed by atoms with Gasteiger partial charge in [-0.1, -0.05) is 18.2 Å². The maximum Gasteiger partial charge on any atom is 0.274 e. The number of ether oxygens (including phenoxy) is 1. The van der Waals surface area contributed by atoms with Crippen molar-refractivity contribution in [1.82, 2.24) is 9.55 Å². The Morgan fingerprint density at radius 2 is 2.04 bits per heavy atom. The van der Waals surface area contributed by atoms with Crippen LogP contribution in [0.5, 0.6) is 5.75 Å². The molecule has 0 radical (unpaired) electrons. The molecule has 1 unspecified atom stereocenters. The number of carbonyl (C=O) groups excluding carboxylic acids is 2. The number of aromatic nitrogens is 2. The highest BCUT2D eigenvalue weighted by atomic mass is 16.5. The molecule has 2 N–H and O–H groups in total. The number of anilines is 2. The van der Waals surface area contributed by atoms with Gasteiger partial charge in [0.05, 0.1) is 18.2 Å². The summed E-state index contributed by atoms with van der Waals surface area (Å²) in [5, 5.41) is 5.59. The second kappa shape index (κ2) is 6.36. The third kappa shape index (κ3) is 2.90. The lowest BCUT2D eigenvalue weighted by Gasteiger charge is -2.23. The number of para-hydroxylation sites is 1. The van der Waals surface area contributed by atoms with Crippen molar-refractivity contribution < 1.29 is 14.3 Å².